The molecule has 1 aromatic carbocycles. The van der Waals surface area contributed by atoms with E-state index in [2.05, 4.69) is 11.3 Å². The molecule has 2 aromatic heterocycles. The topological polar surface area (TPSA) is 65.2 Å². The first-order valence-corrected chi connectivity index (χ1v) is 10.6. The maximum absolute atomic E-state index is 13.1. The Bertz CT molecular complexity index is 1100. The van der Waals surface area contributed by atoms with Gasteiger partial charge in [-0.3, -0.25) is 9.48 Å². The molecule has 5 rings (SSSR count). The van der Waals surface area contributed by atoms with Gasteiger partial charge in [0.1, 0.15) is 11.3 Å². The number of para-hydroxylation sites is 1. The van der Waals surface area contributed by atoms with Crippen molar-refractivity contribution in [2.45, 2.75) is 31.8 Å². The van der Waals surface area contributed by atoms with Crippen LogP contribution in [0.3, 0.4) is 0 Å². The van der Waals surface area contributed by atoms with Gasteiger partial charge >= 0.3 is 0 Å². The summed E-state index contributed by atoms with van der Waals surface area (Å²) in [7, 11) is 1.75. The number of benzene rings is 1. The number of nitrogens with zero attached hydrogens (tertiary/aromatic N) is 5. The van der Waals surface area contributed by atoms with Crippen molar-refractivity contribution in [3.05, 3.63) is 64.2 Å². The molecule has 30 heavy (non-hydrogen) atoms. The lowest BCUT2D eigenvalue weighted by Crippen LogP contribution is -2.48. The third kappa shape index (κ3) is 3.04. The van der Waals surface area contributed by atoms with Crippen molar-refractivity contribution in [3.63, 3.8) is 0 Å². The molecule has 0 radical (unpaired) electrons. The fraction of sp³-hybridized carbons (Fsp3) is 0.409. The zero-order chi connectivity index (χ0) is 20.9. The van der Waals surface area contributed by atoms with Gasteiger partial charge in [0, 0.05) is 26.3 Å². The summed E-state index contributed by atoms with van der Waals surface area (Å²) in [4.78, 5) is 14.9. The Labute approximate surface area is 180 Å². The third-order valence-electron chi connectivity index (χ3n) is 6.20. The fourth-order valence-corrected chi connectivity index (χ4v) is 4.82. The molecule has 4 heterocycles. The Kier molecular flexibility index (Phi) is 4.67. The minimum Gasteiger partial charge on any atom is -0.368 e. The number of halogens is 1. The number of aromatic nitrogens is 4. The Morgan fingerprint density at radius 1 is 1.17 bits per heavy atom. The molecule has 3 aromatic rings. The lowest BCUT2D eigenvalue weighted by atomic mass is 9.83. The van der Waals surface area contributed by atoms with Gasteiger partial charge in [-0.25, -0.2) is 4.68 Å². The van der Waals surface area contributed by atoms with Crippen LogP contribution in [0.4, 0.5) is 0 Å². The van der Waals surface area contributed by atoms with E-state index in [1.54, 1.807) is 11.7 Å². The molecule has 0 bridgehead atoms. The third-order valence-corrected chi connectivity index (χ3v) is 6.65. The first kappa shape index (κ1) is 19.3. The number of likely N-dealkylation sites (tertiary alicyclic amines) is 1. The molecule has 2 aliphatic rings. The molecule has 7 nitrogen and oxygen atoms in total. The van der Waals surface area contributed by atoms with Crippen molar-refractivity contribution in [1.82, 2.24) is 24.5 Å². The van der Waals surface area contributed by atoms with Gasteiger partial charge in [-0.2, -0.15) is 10.2 Å². The van der Waals surface area contributed by atoms with Crippen molar-refractivity contribution >= 4 is 17.5 Å². The second kappa shape index (κ2) is 7.25. The highest BCUT2D eigenvalue weighted by atomic mass is 35.5. The van der Waals surface area contributed by atoms with Crippen LogP contribution in [0.1, 0.15) is 40.3 Å². The maximum Gasteiger partial charge on any atom is 0.273 e. The highest BCUT2D eigenvalue weighted by Gasteiger charge is 2.44. The molecule has 0 saturated carbocycles. The van der Waals surface area contributed by atoms with Gasteiger partial charge in [0.2, 0.25) is 0 Å². The highest BCUT2D eigenvalue weighted by molar-refractivity contribution is 6.34. The van der Waals surface area contributed by atoms with E-state index in [4.69, 9.17) is 21.4 Å². The van der Waals surface area contributed by atoms with Gasteiger partial charge in [0.25, 0.3) is 5.91 Å². The van der Waals surface area contributed by atoms with Gasteiger partial charge in [-0.05, 0) is 43.9 Å². The minimum absolute atomic E-state index is 0.0798. The van der Waals surface area contributed by atoms with E-state index in [9.17, 15) is 4.79 Å². The molecule has 1 fully saturated rings. The number of amides is 1. The Morgan fingerprint density at radius 3 is 2.57 bits per heavy atom. The van der Waals surface area contributed by atoms with E-state index >= 15 is 0 Å². The van der Waals surface area contributed by atoms with Crippen LogP contribution in [0, 0.1) is 6.92 Å². The second-order valence-corrected chi connectivity index (χ2v) is 8.42. The molecule has 0 N–H and O–H groups in total. The zero-order valence-corrected chi connectivity index (χ0v) is 17.9. The predicted octanol–water partition coefficient (Wildman–Crippen LogP) is 3.27. The zero-order valence-electron chi connectivity index (χ0n) is 17.1. The van der Waals surface area contributed by atoms with Gasteiger partial charge < -0.3 is 9.64 Å². The Morgan fingerprint density at radius 2 is 1.90 bits per heavy atom. The molecule has 1 saturated heterocycles. The lowest BCUT2D eigenvalue weighted by Gasteiger charge is -2.42. The summed E-state index contributed by atoms with van der Waals surface area (Å²) in [6.45, 7) is 3.67. The summed E-state index contributed by atoms with van der Waals surface area (Å²) in [6, 6.07) is 10.1. The van der Waals surface area contributed by atoms with E-state index < -0.39 is 5.60 Å². The van der Waals surface area contributed by atoms with Gasteiger partial charge in [0.05, 0.1) is 28.7 Å². The normalized spacial score (nSPS) is 17.9. The summed E-state index contributed by atoms with van der Waals surface area (Å²) in [5, 5.41) is 9.61. The number of ether oxygens (including phenoxy) is 1. The van der Waals surface area contributed by atoms with Crippen molar-refractivity contribution in [1.29, 1.82) is 0 Å². The van der Waals surface area contributed by atoms with Crippen LogP contribution in [-0.2, 0) is 23.8 Å². The van der Waals surface area contributed by atoms with E-state index in [1.165, 1.54) is 5.56 Å². The number of hydrogen-bond donors (Lipinski definition) is 0. The number of aryl methyl sites for hydroxylation is 2. The minimum atomic E-state index is -0.434. The van der Waals surface area contributed by atoms with E-state index in [-0.39, 0.29) is 5.91 Å². The monoisotopic (exact) mass is 425 g/mol. The van der Waals surface area contributed by atoms with Crippen LogP contribution in [0.2, 0.25) is 5.02 Å². The molecule has 0 aliphatic carbocycles. The highest BCUT2D eigenvalue weighted by Crippen LogP contribution is 2.41. The summed E-state index contributed by atoms with van der Waals surface area (Å²) < 4.78 is 9.82. The molecular weight excluding hydrogens is 402 g/mol. The van der Waals surface area contributed by atoms with Gasteiger partial charge in [0.15, 0.2) is 0 Å². The van der Waals surface area contributed by atoms with Crippen molar-refractivity contribution in [2.24, 2.45) is 7.05 Å². The molecule has 8 heteroatoms. The molecule has 1 spiro atoms. The van der Waals surface area contributed by atoms with E-state index in [0.29, 0.717) is 48.9 Å². The number of carbonyl (C=O) groups excluding carboxylic acids is 1. The van der Waals surface area contributed by atoms with Crippen molar-refractivity contribution in [3.8, 4) is 5.69 Å². The number of rotatable bonds is 2. The second-order valence-electron chi connectivity index (χ2n) is 8.04. The first-order valence-electron chi connectivity index (χ1n) is 10.3. The van der Waals surface area contributed by atoms with Crippen LogP contribution >= 0.6 is 11.6 Å². The predicted molar refractivity (Wildman–Crippen MR) is 113 cm³/mol. The smallest absolute Gasteiger partial charge is 0.273 e. The van der Waals surface area contributed by atoms with Gasteiger partial charge in [-0.15, -0.1) is 0 Å². The largest absolute Gasteiger partial charge is 0.368 e. The van der Waals surface area contributed by atoms with Gasteiger partial charge in [-0.1, -0.05) is 29.8 Å². The summed E-state index contributed by atoms with van der Waals surface area (Å²) in [5.74, 6) is -0.0798. The van der Waals surface area contributed by atoms with Crippen LogP contribution in [0.15, 0.2) is 36.5 Å². The van der Waals surface area contributed by atoms with Crippen molar-refractivity contribution in [2.75, 3.05) is 19.7 Å². The van der Waals surface area contributed by atoms with Crippen LogP contribution in [0.25, 0.3) is 5.69 Å². The molecular formula is C22H24ClN5O2. The number of hydrogen-bond acceptors (Lipinski definition) is 4. The quantitative estimate of drug-likeness (QED) is 0.632. The maximum atomic E-state index is 13.1. The molecule has 1 amide bonds. The van der Waals surface area contributed by atoms with Crippen LogP contribution in [-0.4, -0.2) is 50.1 Å². The Hall–Kier alpha value is -2.64. The molecule has 2 aliphatic heterocycles. The average molecular weight is 426 g/mol. The first-order chi connectivity index (χ1) is 14.5. The Balaban J connectivity index is 1.39. The lowest BCUT2D eigenvalue weighted by molar-refractivity contribution is -0.0964. The number of fused-ring (bicyclic) bond motifs is 2. The standard InChI is InChI=1S/C22H24ClN5O2/c1-15-18(23)19(26(2)24-15)21(29)27-11-9-22(10-12-27)20-16(8-13-30-22)14-28(25-20)17-6-4-3-5-7-17/h3-7,14H,8-13H2,1-2H3. The van der Waals surface area contributed by atoms with Crippen molar-refractivity contribution < 1.29 is 9.53 Å². The number of piperidine rings is 1. The summed E-state index contributed by atoms with van der Waals surface area (Å²) in [6.07, 6.45) is 4.40. The summed E-state index contributed by atoms with van der Waals surface area (Å²) >= 11 is 6.33. The van der Waals surface area contributed by atoms with Crippen LogP contribution < -0.4 is 0 Å². The fourth-order valence-electron chi connectivity index (χ4n) is 4.58. The average Bonchev–Trinajstić information content (AvgIpc) is 3.31. The molecule has 0 atom stereocenters. The molecule has 156 valence electrons. The number of carbonyl (C=O) groups is 1. The molecule has 0 unspecified atom stereocenters. The SMILES string of the molecule is Cc1nn(C)c(C(=O)N2CCC3(CC2)OCCc2cn(-c4ccccc4)nc23)c1Cl. The summed E-state index contributed by atoms with van der Waals surface area (Å²) in [5.41, 5.74) is 3.97. The van der Waals surface area contributed by atoms with Crippen LogP contribution in [0.5, 0.6) is 0 Å². The van der Waals surface area contributed by atoms with E-state index in [0.717, 1.165) is 17.8 Å². The van der Waals surface area contributed by atoms with E-state index in [1.807, 2.05) is 46.8 Å².